The van der Waals surface area contributed by atoms with Crippen LogP contribution in [0.25, 0.3) is 22.2 Å². The summed E-state index contributed by atoms with van der Waals surface area (Å²) in [6, 6.07) is 14.9. The summed E-state index contributed by atoms with van der Waals surface area (Å²) in [5.41, 5.74) is 3.53. The van der Waals surface area contributed by atoms with E-state index in [-0.39, 0.29) is 0 Å². The molecule has 4 aromatic rings. The van der Waals surface area contributed by atoms with Gasteiger partial charge in [0.1, 0.15) is 5.75 Å². The molecule has 0 saturated carbocycles. The van der Waals surface area contributed by atoms with Crippen molar-refractivity contribution in [3.63, 3.8) is 0 Å². The molecule has 0 bridgehead atoms. The van der Waals surface area contributed by atoms with Crippen LogP contribution in [0, 0.1) is 0 Å². The second kappa shape index (κ2) is 8.49. The van der Waals surface area contributed by atoms with E-state index in [1.807, 2.05) is 30.3 Å². The van der Waals surface area contributed by atoms with Crippen LogP contribution in [0.15, 0.2) is 65.3 Å². The number of methoxy groups -OCH3 is 1. The molecule has 9 heteroatoms. The van der Waals surface area contributed by atoms with Gasteiger partial charge in [0, 0.05) is 45.5 Å². The number of hydrogen-bond donors (Lipinski definition) is 1. The van der Waals surface area contributed by atoms with Gasteiger partial charge in [-0.15, -0.1) is 0 Å². The first-order chi connectivity index (χ1) is 14.8. The third-order valence-electron chi connectivity index (χ3n) is 4.41. The molecule has 2 aromatic carbocycles. The molecule has 2 heterocycles. The number of aromatic nitrogens is 3. The lowest BCUT2D eigenvalue weighted by molar-refractivity contribution is 0.417. The summed E-state index contributed by atoms with van der Waals surface area (Å²) in [5.74, 6) is 0.887. The van der Waals surface area contributed by atoms with Gasteiger partial charge in [-0.25, -0.2) is 14.2 Å². The minimum Gasteiger partial charge on any atom is -0.494 e. The topological polar surface area (TPSA) is 89.4 Å². The van der Waals surface area contributed by atoms with Crippen LogP contribution < -0.4 is 10.1 Å². The Morgan fingerprint density at radius 2 is 1.90 bits per heavy atom. The average molecular weight is 454 g/mol. The molecule has 4 rings (SSSR count). The van der Waals surface area contributed by atoms with Gasteiger partial charge >= 0.3 is 0 Å². The second-order valence-electron chi connectivity index (χ2n) is 7.05. The molecule has 0 radical (unpaired) electrons. The molecule has 1 N–H and O–H groups in total. The molecule has 7 nitrogen and oxygen atoms in total. The Kier molecular flexibility index (Phi) is 5.75. The van der Waals surface area contributed by atoms with Gasteiger partial charge in [0.15, 0.2) is 0 Å². The van der Waals surface area contributed by atoms with Crippen LogP contribution in [0.4, 0.5) is 17.3 Å². The summed E-state index contributed by atoms with van der Waals surface area (Å²) in [7, 11) is -0.726. The van der Waals surface area contributed by atoms with E-state index in [2.05, 4.69) is 24.6 Å². The summed E-state index contributed by atoms with van der Waals surface area (Å²) < 4.78 is 21.6. The van der Waals surface area contributed by atoms with Crippen molar-refractivity contribution in [1.82, 2.24) is 15.0 Å². The number of ether oxygens (including phenoxy) is 1. The van der Waals surface area contributed by atoms with E-state index in [0.717, 1.165) is 16.5 Å². The number of pyridine rings is 1. The number of fused-ring (bicyclic) bond motifs is 1. The fourth-order valence-electron chi connectivity index (χ4n) is 3.13. The predicted octanol–water partition coefficient (Wildman–Crippen LogP) is 5.46. The van der Waals surface area contributed by atoms with Gasteiger partial charge in [0.2, 0.25) is 5.95 Å². The molecule has 0 unspecified atom stereocenters. The Morgan fingerprint density at radius 3 is 2.68 bits per heavy atom. The van der Waals surface area contributed by atoms with Crippen molar-refractivity contribution in [1.29, 1.82) is 0 Å². The fourth-order valence-corrected chi connectivity index (χ4v) is 3.95. The first-order valence-electron chi connectivity index (χ1n) is 9.33. The van der Waals surface area contributed by atoms with Gasteiger partial charge < -0.3 is 10.1 Å². The molecule has 158 valence electrons. The van der Waals surface area contributed by atoms with E-state index in [0.29, 0.717) is 33.8 Å². The number of nitrogens with one attached hydrogen (secondary N) is 1. The van der Waals surface area contributed by atoms with Crippen molar-refractivity contribution in [3.05, 3.63) is 65.9 Å². The molecule has 0 fully saturated rings. The molecule has 0 aliphatic heterocycles. The third kappa shape index (κ3) is 4.76. The highest BCUT2D eigenvalue weighted by atomic mass is 35.5. The summed E-state index contributed by atoms with van der Waals surface area (Å²) in [6.45, 7) is 0. The zero-order chi connectivity index (χ0) is 22.0. The Hall–Kier alpha value is -3.23. The predicted molar refractivity (Wildman–Crippen MR) is 126 cm³/mol. The standard InChI is InChI=1S/C22H20ClN5O2S/c1-30-20-12-14(28-31(2,3)29)8-9-19(20)26-22-25-13-17(23)21(27-22)16-10-11-24-18-7-5-4-6-15(16)18/h4-13H,1-3H3,(H,25,26,27). The molecular weight excluding hydrogens is 434 g/mol. The van der Waals surface area contributed by atoms with Gasteiger partial charge in [-0.1, -0.05) is 29.8 Å². The van der Waals surface area contributed by atoms with Crippen LogP contribution in [-0.4, -0.2) is 38.8 Å². The van der Waals surface area contributed by atoms with E-state index < -0.39 is 9.73 Å². The number of anilines is 2. The number of benzene rings is 2. The Bertz CT molecular complexity index is 1390. The van der Waals surface area contributed by atoms with Crippen LogP contribution in [0.3, 0.4) is 0 Å². The molecular formula is C22H20ClN5O2S. The number of nitrogens with zero attached hydrogens (tertiary/aromatic N) is 4. The molecule has 0 saturated heterocycles. The minimum absolute atomic E-state index is 0.359. The highest BCUT2D eigenvalue weighted by Gasteiger charge is 2.13. The lowest BCUT2D eigenvalue weighted by Gasteiger charge is -2.13. The van der Waals surface area contributed by atoms with Gasteiger partial charge in [0.25, 0.3) is 0 Å². The summed E-state index contributed by atoms with van der Waals surface area (Å²) in [6.07, 6.45) is 6.45. The largest absolute Gasteiger partial charge is 0.494 e. The molecule has 2 aromatic heterocycles. The number of hydrogen-bond acceptors (Lipinski definition) is 7. The monoisotopic (exact) mass is 453 g/mol. The van der Waals surface area contributed by atoms with E-state index >= 15 is 0 Å². The first kappa shape index (κ1) is 21.0. The van der Waals surface area contributed by atoms with Crippen LogP contribution in [0.5, 0.6) is 5.75 Å². The SMILES string of the molecule is COc1cc(N=S(C)(C)=O)ccc1Nc1ncc(Cl)c(-c2ccnc3ccccc23)n1. The first-order valence-corrected chi connectivity index (χ1v) is 12.0. The number of rotatable bonds is 5. The lowest BCUT2D eigenvalue weighted by Crippen LogP contribution is -2.01. The number of para-hydroxylation sites is 1. The molecule has 0 atom stereocenters. The van der Waals surface area contributed by atoms with Crippen LogP contribution in [-0.2, 0) is 9.73 Å². The highest BCUT2D eigenvalue weighted by Crippen LogP contribution is 2.34. The zero-order valence-corrected chi connectivity index (χ0v) is 18.7. The third-order valence-corrected chi connectivity index (χ3v) is 5.33. The normalized spacial score (nSPS) is 11.4. The van der Waals surface area contributed by atoms with Crippen molar-refractivity contribution in [2.45, 2.75) is 0 Å². The van der Waals surface area contributed by atoms with Gasteiger partial charge in [0.05, 0.1) is 40.9 Å². The quantitative estimate of drug-likeness (QED) is 0.431. The Balaban J connectivity index is 1.74. The van der Waals surface area contributed by atoms with Gasteiger partial charge in [-0.2, -0.15) is 4.36 Å². The lowest BCUT2D eigenvalue weighted by atomic mass is 10.1. The Morgan fingerprint density at radius 1 is 1.10 bits per heavy atom. The summed E-state index contributed by atoms with van der Waals surface area (Å²) in [5, 5.41) is 4.55. The maximum Gasteiger partial charge on any atom is 0.227 e. The summed E-state index contributed by atoms with van der Waals surface area (Å²) >= 11 is 6.44. The van der Waals surface area contributed by atoms with Crippen molar-refractivity contribution in [2.24, 2.45) is 4.36 Å². The Labute approximate surface area is 185 Å². The van der Waals surface area contributed by atoms with Crippen molar-refractivity contribution in [3.8, 4) is 17.0 Å². The van der Waals surface area contributed by atoms with E-state index in [9.17, 15) is 4.21 Å². The van der Waals surface area contributed by atoms with Crippen LogP contribution in [0.1, 0.15) is 0 Å². The van der Waals surface area contributed by atoms with E-state index in [4.69, 9.17) is 16.3 Å². The van der Waals surface area contributed by atoms with E-state index in [1.165, 1.54) is 0 Å². The highest BCUT2D eigenvalue weighted by molar-refractivity contribution is 7.92. The van der Waals surface area contributed by atoms with E-state index in [1.54, 1.807) is 50.2 Å². The van der Waals surface area contributed by atoms with Crippen LogP contribution >= 0.6 is 11.6 Å². The van der Waals surface area contributed by atoms with Gasteiger partial charge in [-0.05, 0) is 24.3 Å². The van der Waals surface area contributed by atoms with Crippen LogP contribution in [0.2, 0.25) is 5.02 Å². The minimum atomic E-state index is -2.28. The fraction of sp³-hybridized carbons (Fsp3) is 0.136. The van der Waals surface area contributed by atoms with Gasteiger partial charge in [-0.3, -0.25) is 4.98 Å². The maximum atomic E-state index is 12.0. The smallest absolute Gasteiger partial charge is 0.227 e. The number of halogens is 1. The second-order valence-corrected chi connectivity index (χ2v) is 10.0. The molecule has 31 heavy (non-hydrogen) atoms. The van der Waals surface area contributed by atoms with Crippen molar-refractivity contribution in [2.75, 3.05) is 24.9 Å². The summed E-state index contributed by atoms with van der Waals surface area (Å²) in [4.78, 5) is 13.3. The zero-order valence-electron chi connectivity index (χ0n) is 17.2. The molecule has 0 spiro atoms. The van der Waals surface area contributed by atoms with Crippen molar-refractivity contribution < 1.29 is 8.95 Å². The average Bonchev–Trinajstić information content (AvgIpc) is 2.74. The van der Waals surface area contributed by atoms with Crippen molar-refractivity contribution >= 4 is 49.6 Å². The molecule has 0 aliphatic carbocycles. The molecule has 0 amide bonds. The maximum absolute atomic E-state index is 12.0. The molecule has 0 aliphatic rings.